The summed E-state index contributed by atoms with van der Waals surface area (Å²) in [5.41, 5.74) is 2.06. The van der Waals surface area contributed by atoms with Gasteiger partial charge in [-0.05, 0) is 66.8 Å². The molecule has 5 rings (SSSR count). The topological polar surface area (TPSA) is 81.9 Å². The number of carbonyl (C=O) groups is 1. The Kier molecular flexibility index (Phi) is 6.22. The van der Waals surface area contributed by atoms with E-state index in [0.29, 0.717) is 46.4 Å². The number of amides is 1. The van der Waals surface area contributed by atoms with Crippen LogP contribution in [-0.4, -0.2) is 24.6 Å². The molecule has 1 amide bonds. The Morgan fingerprint density at radius 3 is 2.61 bits per heavy atom. The lowest BCUT2D eigenvalue weighted by atomic mass is 9.98. The Bertz CT molecular complexity index is 1510. The number of fused-ring (bicyclic) bond motifs is 2. The number of para-hydroxylation sites is 1. The van der Waals surface area contributed by atoms with E-state index in [9.17, 15) is 9.59 Å². The molecule has 2 aromatic carbocycles. The van der Waals surface area contributed by atoms with Crippen LogP contribution in [0.1, 0.15) is 53.6 Å². The van der Waals surface area contributed by atoms with Crippen molar-refractivity contribution in [1.82, 2.24) is 4.98 Å². The van der Waals surface area contributed by atoms with Crippen LogP contribution in [0.5, 0.6) is 11.5 Å². The zero-order valence-corrected chi connectivity index (χ0v) is 20.8. The molecule has 1 unspecified atom stereocenters. The van der Waals surface area contributed by atoms with E-state index in [4.69, 9.17) is 13.9 Å². The van der Waals surface area contributed by atoms with E-state index in [-0.39, 0.29) is 16.8 Å². The SMILES string of the molecule is COc1cc(C2c3c(oc4ccccc4c3=O)C(=O)N2c2cc(C)ccn2)ccc1OCCC(C)C. The molecular weight excluding hydrogens is 456 g/mol. The molecule has 36 heavy (non-hydrogen) atoms. The molecule has 184 valence electrons. The fourth-order valence-corrected chi connectivity index (χ4v) is 4.50. The molecular formula is C29H28N2O5. The number of rotatable bonds is 7. The number of aromatic nitrogens is 1. The summed E-state index contributed by atoms with van der Waals surface area (Å²) in [7, 11) is 1.57. The van der Waals surface area contributed by atoms with Crippen molar-refractivity contribution in [2.24, 2.45) is 5.92 Å². The highest BCUT2D eigenvalue weighted by atomic mass is 16.5. The van der Waals surface area contributed by atoms with E-state index in [2.05, 4.69) is 18.8 Å². The zero-order valence-electron chi connectivity index (χ0n) is 20.8. The average Bonchev–Trinajstić information content (AvgIpc) is 3.16. The van der Waals surface area contributed by atoms with Crippen molar-refractivity contribution < 1.29 is 18.7 Å². The van der Waals surface area contributed by atoms with Crippen molar-refractivity contribution in [3.8, 4) is 11.5 Å². The highest BCUT2D eigenvalue weighted by Gasteiger charge is 2.44. The fraction of sp³-hybridized carbons (Fsp3) is 0.276. The fourth-order valence-electron chi connectivity index (χ4n) is 4.50. The number of nitrogens with zero attached hydrogens (tertiary/aromatic N) is 2. The molecule has 0 spiro atoms. The highest BCUT2D eigenvalue weighted by molar-refractivity contribution is 6.10. The number of anilines is 1. The number of methoxy groups -OCH3 is 1. The molecule has 0 aliphatic carbocycles. The quantitative estimate of drug-likeness (QED) is 0.336. The molecule has 0 fully saturated rings. The van der Waals surface area contributed by atoms with Crippen LogP contribution < -0.4 is 19.8 Å². The van der Waals surface area contributed by atoms with E-state index >= 15 is 0 Å². The maximum atomic E-state index is 13.7. The summed E-state index contributed by atoms with van der Waals surface area (Å²) >= 11 is 0. The summed E-state index contributed by atoms with van der Waals surface area (Å²) in [6.07, 6.45) is 2.56. The number of hydrogen-bond acceptors (Lipinski definition) is 6. The van der Waals surface area contributed by atoms with Gasteiger partial charge in [-0.15, -0.1) is 0 Å². The lowest BCUT2D eigenvalue weighted by Crippen LogP contribution is -2.30. The number of aryl methyl sites for hydroxylation is 1. The second kappa shape index (κ2) is 9.49. The van der Waals surface area contributed by atoms with Gasteiger partial charge in [0.25, 0.3) is 5.91 Å². The second-order valence-corrected chi connectivity index (χ2v) is 9.38. The lowest BCUT2D eigenvalue weighted by molar-refractivity contribution is 0.0970. The van der Waals surface area contributed by atoms with Crippen LogP contribution in [0.15, 0.2) is 70.0 Å². The van der Waals surface area contributed by atoms with Crippen LogP contribution in [0.4, 0.5) is 5.82 Å². The summed E-state index contributed by atoms with van der Waals surface area (Å²) in [5.74, 6) is 1.71. The van der Waals surface area contributed by atoms with E-state index < -0.39 is 11.9 Å². The summed E-state index contributed by atoms with van der Waals surface area (Å²) in [6, 6.07) is 15.4. The Hall–Kier alpha value is -4.13. The van der Waals surface area contributed by atoms with E-state index in [1.54, 1.807) is 37.6 Å². The molecule has 0 bridgehead atoms. The molecule has 7 nitrogen and oxygen atoms in total. The van der Waals surface area contributed by atoms with Gasteiger partial charge in [0.05, 0.1) is 30.7 Å². The van der Waals surface area contributed by atoms with Gasteiger partial charge in [0.2, 0.25) is 5.76 Å². The lowest BCUT2D eigenvalue weighted by Gasteiger charge is -2.25. The first-order valence-corrected chi connectivity index (χ1v) is 12.0. The van der Waals surface area contributed by atoms with Gasteiger partial charge in [-0.25, -0.2) is 4.98 Å². The average molecular weight is 485 g/mol. The van der Waals surface area contributed by atoms with E-state index in [0.717, 1.165) is 12.0 Å². The largest absolute Gasteiger partial charge is 0.493 e. The first-order chi connectivity index (χ1) is 17.4. The standard InChI is InChI=1S/C29H28N2O5/c1-17(2)12-14-35-22-10-9-19(16-23(22)34-4)26-25-27(32)20-7-5-6-8-21(20)36-28(25)29(33)31(26)24-15-18(3)11-13-30-24/h5-11,13,15-17,26H,12,14H2,1-4H3. The minimum absolute atomic E-state index is 0.0308. The van der Waals surface area contributed by atoms with Crippen molar-refractivity contribution in [3.63, 3.8) is 0 Å². The van der Waals surface area contributed by atoms with Gasteiger partial charge in [0.1, 0.15) is 11.4 Å². The monoisotopic (exact) mass is 484 g/mol. The van der Waals surface area contributed by atoms with Gasteiger partial charge in [-0.1, -0.05) is 32.0 Å². The predicted molar refractivity (Wildman–Crippen MR) is 138 cm³/mol. The smallest absolute Gasteiger partial charge is 0.296 e. The third kappa shape index (κ3) is 4.11. The summed E-state index contributed by atoms with van der Waals surface area (Å²) in [4.78, 5) is 33.4. The van der Waals surface area contributed by atoms with Gasteiger partial charge < -0.3 is 13.9 Å². The molecule has 0 saturated heterocycles. The van der Waals surface area contributed by atoms with Crippen molar-refractivity contribution in [2.75, 3.05) is 18.6 Å². The maximum absolute atomic E-state index is 13.7. The molecule has 1 atom stereocenters. The van der Waals surface area contributed by atoms with Gasteiger partial charge >= 0.3 is 0 Å². The third-order valence-electron chi connectivity index (χ3n) is 6.38. The second-order valence-electron chi connectivity index (χ2n) is 9.38. The number of ether oxygens (including phenoxy) is 2. The number of hydrogen-bond donors (Lipinski definition) is 0. The first-order valence-electron chi connectivity index (χ1n) is 12.0. The molecule has 3 heterocycles. The molecule has 1 aliphatic rings. The normalized spacial score (nSPS) is 15.0. The number of benzene rings is 2. The van der Waals surface area contributed by atoms with Crippen molar-refractivity contribution >= 4 is 22.7 Å². The van der Waals surface area contributed by atoms with Gasteiger partial charge in [-0.2, -0.15) is 0 Å². The van der Waals surface area contributed by atoms with Crippen LogP contribution in [0.25, 0.3) is 11.0 Å². The molecule has 7 heteroatoms. The third-order valence-corrected chi connectivity index (χ3v) is 6.38. The Morgan fingerprint density at radius 2 is 1.86 bits per heavy atom. The molecule has 4 aromatic rings. The van der Waals surface area contributed by atoms with Crippen LogP contribution in [0, 0.1) is 12.8 Å². The number of carbonyl (C=O) groups excluding carboxylic acids is 1. The zero-order chi connectivity index (χ0) is 25.4. The molecule has 1 aliphatic heterocycles. The van der Waals surface area contributed by atoms with Crippen molar-refractivity contribution in [1.29, 1.82) is 0 Å². The Morgan fingerprint density at radius 1 is 1.06 bits per heavy atom. The maximum Gasteiger partial charge on any atom is 0.296 e. The van der Waals surface area contributed by atoms with Crippen LogP contribution in [0.3, 0.4) is 0 Å². The highest BCUT2D eigenvalue weighted by Crippen LogP contribution is 2.42. The molecule has 0 saturated carbocycles. The van der Waals surface area contributed by atoms with Gasteiger partial charge in [-0.3, -0.25) is 14.5 Å². The minimum Gasteiger partial charge on any atom is -0.493 e. The minimum atomic E-state index is -0.735. The number of pyridine rings is 1. The molecule has 0 radical (unpaired) electrons. The first kappa shape index (κ1) is 23.6. The molecule has 0 N–H and O–H groups in total. The van der Waals surface area contributed by atoms with Crippen LogP contribution >= 0.6 is 0 Å². The summed E-state index contributed by atoms with van der Waals surface area (Å²) in [6.45, 7) is 6.77. The molecule has 2 aromatic heterocycles. The van der Waals surface area contributed by atoms with E-state index in [1.165, 1.54) is 4.90 Å². The van der Waals surface area contributed by atoms with E-state index in [1.807, 2.05) is 37.3 Å². The van der Waals surface area contributed by atoms with Gasteiger partial charge in [0, 0.05) is 6.20 Å². The predicted octanol–water partition coefficient (Wildman–Crippen LogP) is 5.68. The van der Waals surface area contributed by atoms with Crippen molar-refractivity contribution in [3.05, 3.63) is 93.5 Å². The Balaban J connectivity index is 1.68. The summed E-state index contributed by atoms with van der Waals surface area (Å²) < 4.78 is 17.6. The van der Waals surface area contributed by atoms with Crippen LogP contribution in [0.2, 0.25) is 0 Å². The van der Waals surface area contributed by atoms with Crippen molar-refractivity contribution in [2.45, 2.75) is 33.2 Å². The van der Waals surface area contributed by atoms with Gasteiger partial charge in [0.15, 0.2) is 16.9 Å². The Labute approximate surface area is 209 Å². The summed E-state index contributed by atoms with van der Waals surface area (Å²) in [5, 5.41) is 0.425. The van der Waals surface area contributed by atoms with Crippen LogP contribution in [-0.2, 0) is 0 Å².